The van der Waals surface area contributed by atoms with Gasteiger partial charge >= 0.3 is 5.97 Å². The molecule has 0 aromatic heterocycles. The maximum Gasteiger partial charge on any atom is 0.325 e. The fourth-order valence-corrected chi connectivity index (χ4v) is 0.743. The molecule has 0 aliphatic rings. The molecule has 0 heterocycles. The summed E-state index contributed by atoms with van der Waals surface area (Å²) in [6, 6.07) is -0.769. The van der Waals surface area contributed by atoms with Crippen LogP contribution in [0.25, 0.3) is 0 Å². The van der Waals surface area contributed by atoms with E-state index in [9.17, 15) is 4.79 Å². The number of rotatable bonds is 7. The lowest BCUT2D eigenvalue weighted by Gasteiger charge is -2.15. The molecule has 0 aromatic carbocycles. The number of nitrogens with two attached hydrogens (primary N) is 1. The van der Waals surface area contributed by atoms with E-state index in [1.807, 2.05) is 0 Å². The minimum absolute atomic E-state index is 0.0793. The van der Waals surface area contributed by atoms with Crippen molar-refractivity contribution in [1.29, 1.82) is 0 Å². The predicted molar refractivity (Wildman–Crippen MR) is 48.6 cm³/mol. The molecule has 0 rings (SSSR count). The van der Waals surface area contributed by atoms with E-state index in [2.05, 4.69) is 4.74 Å². The number of ether oxygens (including phenoxy) is 4. The van der Waals surface area contributed by atoms with Crippen molar-refractivity contribution in [2.45, 2.75) is 12.3 Å². The van der Waals surface area contributed by atoms with Gasteiger partial charge in [-0.1, -0.05) is 0 Å². The van der Waals surface area contributed by atoms with Gasteiger partial charge in [-0.2, -0.15) is 0 Å². The van der Waals surface area contributed by atoms with Gasteiger partial charge in [-0.15, -0.1) is 0 Å². The van der Waals surface area contributed by atoms with Crippen LogP contribution in [-0.2, 0) is 23.7 Å². The molecule has 84 valence electrons. The van der Waals surface area contributed by atoms with E-state index in [0.29, 0.717) is 0 Å². The Labute approximate surface area is 83.2 Å². The first kappa shape index (κ1) is 13.3. The summed E-state index contributed by atoms with van der Waals surface area (Å²) in [6.45, 7) is 0.299. The molecule has 0 fully saturated rings. The van der Waals surface area contributed by atoms with Gasteiger partial charge in [0, 0.05) is 14.2 Å². The second kappa shape index (κ2) is 7.69. The highest BCUT2D eigenvalue weighted by Gasteiger charge is 2.14. The van der Waals surface area contributed by atoms with Crippen LogP contribution >= 0.6 is 0 Å². The van der Waals surface area contributed by atoms with Gasteiger partial charge in [0.2, 0.25) is 0 Å². The Morgan fingerprint density at radius 2 is 1.79 bits per heavy atom. The van der Waals surface area contributed by atoms with E-state index in [1.54, 1.807) is 0 Å². The number of carbonyl (C=O) groups is 1. The van der Waals surface area contributed by atoms with E-state index in [-0.39, 0.29) is 13.2 Å². The SMILES string of the molecule is COC(=O)[C@@H](N)COCC(OC)OC. The minimum Gasteiger partial charge on any atom is -0.468 e. The van der Waals surface area contributed by atoms with Gasteiger partial charge in [0.25, 0.3) is 0 Å². The van der Waals surface area contributed by atoms with Crippen molar-refractivity contribution in [3.63, 3.8) is 0 Å². The highest BCUT2D eigenvalue weighted by atomic mass is 16.7. The molecule has 0 saturated carbocycles. The third-order valence-electron chi connectivity index (χ3n) is 1.58. The standard InChI is InChI=1S/C8H17NO5/c1-11-7(12-2)5-14-4-6(9)8(10)13-3/h6-7H,4-5,9H2,1-3H3/t6-/m0/s1. The largest absolute Gasteiger partial charge is 0.468 e. The monoisotopic (exact) mass is 207 g/mol. The number of carbonyl (C=O) groups excluding carboxylic acids is 1. The molecule has 0 radical (unpaired) electrons. The molecule has 0 saturated heterocycles. The average molecular weight is 207 g/mol. The Balaban J connectivity index is 3.57. The fraction of sp³-hybridized carbons (Fsp3) is 0.875. The molecular formula is C8H17NO5. The van der Waals surface area contributed by atoms with E-state index < -0.39 is 18.3 Å². The van der Waals surface area contributed by atoms with Crippen LogP contribution in [0, 0.1) is 0 Å². The molecule has 0 aliphatic heterocycles. The summed E-state index contributed by atoms with van der Waals surface area (Å²) in [4.78, 5) is 10.8. The van der Waals surface area contributed by atoms with Crippen LogP contribution in [0.2, 0.25) is 0 Å². The van der Waals surface area contributed by atoms with E-state index in [0.717, 1.165) is 0 Å². The first-order valence-corrected chi connectivity index (χ1v) is 4.12. The highest BCUT2D eigenvalue weighted by Crippen LogP contribution is 1.93. The Bertz CT molecular complexity index is 160. The van der Waals surface area contributed by atoms with Gasteiger partial charge in [-0.05, 0) is 0 Å². The van der Waals surface area contributed by atoms with Crippen LogP contribution < -0.4 is 5.73 Å². The van der Waals surface area contributed by atoms with Crippen LogP contribution in [0.4, 0.5) is 0 Å². The normalized spacial score (nSPS) is 12.9. The smallest absolute Gasteiger partial charge is 0.325 e. The average Bonchev–Trinajstić information content (AvgIpc) is 2.22. The number of hydrogen-bond acceptors (Lipinski definition) is 6. The third-order valence-corrected chi connectivity index (χ3v) is 1.58. The van der Waals surface area contributed by atoms with E-state index >= 15 is 0 Å². The van der Waals surface area contributed by atoms with Crippen molar-refractivity contribution < 1.29 is 23.7 Å². The summed E-state index contributed by atoms with van der Waals surface area (Å²) in [5, 5.41) is 0. The van der Waals surface area contributed by atoms with Crippen molar-refractivity contribution in [3.05, 3.63) is 0 Å². The Kier molecular flexibility index (Phi) is 7.31. The second-order valence-corrected chi connectivity index (χ2v) is 2.57. The zero-order valence-corrected chi connectivity index (χ0v) is 8.69. The van der Waals surface area contributed by atoms with Crippen LogP contribution in [0.5, 0.6) is 0 Å². The van der Waals surface area contributed by atoms with Crippen molar-refractivity contribution >= 4 is 5.97 Å². The molecule has 14 heavy (non-hydrogen) atoms. The van der Waals surface area contributed by atoms with Gasteiger partial charge in [-0.3, -0.25) is 4.79 Å². The van der Waals surface area contributed by atoms with E-state index in [4.69, 9.17) is 19.9 Å². The van der Waals surface area contributed by atoms with Gasteiger partial charge in [-0.25, -0.2) is 0 Å². The highest BCUT2D eigenvalue weighted by molar-refractivity contribution is 5.75. The van der Waals surface area contributed by atoms with Crippen LogP contribution in [0.15, 0.2) is 0 Å². The Morgan fingerprint density at radius 3 is 2.21 bits per heavy atom. The summed E-state index contributed by atoms with van der Waals surface area (Å²) < 4.78 is 19.2. The van der Waals surface area contributed by atoms with Crippen molar-refractivity contribution in [1.82, 2.24) is 0 Å². The third kappa shape index (κ3) is 5.13. The lowest BCUT2D eigenvalue weighted by atomic mass is 10.3. The second-order valence-electron chi connectivity index (χ2n) is 2.57. The molecule has 1 atom stereocenters. The zero-order chi connectivity index (χ0) is 11.0. The Hall–Kier alpha value is -0.690. The molecule has 0 unspecified atom stereocenters. The minimum atomic E-state index is -0.769. The maximum atomic E-state index is 10.8. The Morgan fingerprint density at radius 1 is 1.21 bits per heavy atom. The van der Waals surface area contributed by atoms with Gasteiger partial charge in [0.05, 0.1) is 20.3 Å². The molecule has 6 heteroatoms. The lowest BCUT2D eigenvalue weighted by Crippen LogP contribution is -2.37. The summed E-state index contributed by atoms with van der Waals surface area (Å²) in [5.41, 5.74) is 5.42. The summed E-state index contributed by atoms with van der Waals surface area (Å²) in [7, 11) is 4.27. The topological polar surface area (TPSA) is 80.0 Å². The summed E-state index contributed by atoms with van der Waals surface area (Å²) in [6.07, 6.45) is -0.445. The molecule has 0 aromatic rings. The number of esters is 1. The quantitative estimate of drug-likeness (QED) is 0.431. The molecule has 2 N–H and O–H groups in total. The molecule has 0 amide bonds. The van der Waals surface area contributed by atoms with Crippen LogP contribution in [-0.4, -0.2) is 52.8 Å². The van der Waals surface area contributed by atoms with Crippen LogP contribution in [0.3, 0.4) is 0 Å². The summed E-state index contributed by atoms with van der Waals surface area (Å²) >= 11 is 0. The summed E-state index contributed by atoms with van der Waals surface area (Å²) in [5.74, 6) is -0.503. The molecule has 0 bridgehead atoms. The number of methoxy groups -OCH3 is 3. The zero-order valence-electron chi connectivity index (χ0n) is 8.69. The molecule has 0 spiro atoms. The van der Waals surface area contributed by atoms with E-state index in [1.165, 1.54) is 21.3 Å². The predicted octanol–water partition coefficient (Wildman–Crippen LogP) is -0.878. The number of hydrogen-bond donors (Lipinski definition) is 1. The van der Waals surface area contributed by atoms with Crippen molar-refractivity contribution in [2.24, 2.45) is 5.73 Å². The fourth-order valence-electron chi connectivity index (χ4n) is 0.743. The van der Waals surface area contributed by atoms with Crippen molar-refractivity contribution in [3.8, 4) is 0 Å². The van der Waals surface area contributed by atoms with Gasteiger partial charge in [0.15, 0.2) is 6.29 Å². The van der Waals surface area contributed by atoms with Crippen LogP contribution in [0.1, 0.15) is 0 Å². The first-order chi connectivity index (χ1) is 6.65. The maximum absolute atomic E-state index is 10.8. The first-order valence-electron chi connectivity index (χ1n) is 4.12. The molecule has 0 aliphatic carbocycles. The van der Waals surface area contributed by atoms with Gasteiger partial charge in [0.1, 0.15) is 6.04 Å². The molecule has 6 nitrogen and oxygen atoms in total. The van der Waals surface area contributed by atoms with Gasteiger partial charge < -0.3 is 24.7 Å². The lowest BCUT2D eigenvalue weighted by molar-refractivity contribution is -0.151. The molecular weight excluding hydrogens is 190 g/mol. The van der Waals surface area contributed by atoms with Crippen molar-refractivity contribution in [2.75, 3.05) is 34.5 Å².